The third-order valence-electron chi connectivity index (χ3n) is 3.41. The number of nitro benzene ring substituents is 1. The smallest absolute Gasteiger partial charge is 0.338 e. The molecule has 0 heterocycles. The van der Waals surface area contributed by atoms with Crippen LogP contribution in [-0.2, 0) is 9.53 Å². The summed E-state index contributed by atoms with van der Waals surface area (Å²) in [5, 5.41) is 14.2. The second-order valence-corrected chi connectivity index (χ2v) is 6.51. The first-order valence-corrected chi connectivity index (χ1v) is 8.97. The van der Waals surface area contributed by atoms with E-state index in [2.05, 4.69) is 5.32 Å². The molecule has 0 aliphatic carbocycles. The highest BCUT2D eigenvalue weighted by Crippen LogP contribution is 2.28. The van der Waals surface area contributed by atoms with Gasteiger partial charge in [-0.1, -0.05) is 11.6 Å². The van der Waals surface area contributed by atoms with Crippen LogP contribution in [0.15, 0.2) is 41.3 Å². The number of aryl methyl sites for hydroxylation is 1. The number of anilines is 1. The largest absolute Gasteiger partial charge is 0.452 e. The van der Waals surface area contributed by atoms with Crippen molar-refractivity contribution in [2.45, 2.75) is 11.8 Å². The summed E-state index contributed by atoms with van der Waals surface area (Å²) in [4.78, 5) is 34.9. The van der Waals surface area contributed by atoms with Crippen molar-refractivity contribution in [3.63, 3.8) is 0 Å². The fourth-order valence-corrected chi connectivity index (χ4v) is 2.90. The van der Waals surface area contributed by atoms with Crippen LogP contribution < -0.4 is 5.32 Å². The Morgan fingerprint density at radius 1 is 1.27 bits per heavy atom. The van der Waals surface area contributed by atoms with Crippen molar-refractivity contribution in [1.82, 2.24) is 0 Å². The van der Waals surface area contributed by atoms with Crippen molar-refractivity contribution in [1.29, 1.82) is 0 Å². The molecule has 0 saturated heterocycles. The van der Waals surface area contributed by atoms with Gasteiger partial charge in [0.2, 0.25) is 0 Å². The lowest BCUT2D eigenvalue weighted by Gasteiger charge is -2.09. The minimum absolute atomic E-state index is 0.00461. The number of hydrogen-bond donors (Lipinski definition) is 1. The molecule has 0 unspecified atom stereocenters. The maximum atomic E-state index is 12.0. The summed E-state index contributed by atoms with van der Waals surface area (Å²) in [6.45, 7) is 1.26. The number of rotatable bonds is 6. The molecule has 1 amide bonds. The van der Waals surface area contributed by atoms with Gasteiger partial charge in [-0.05, 0) is 49.1 Å². The normalized spacial score (nSPS) is 10.3. The number of benzene rings is 2. The highest BCUT2D eigenvalue weighted by molar-refractivity contribution is 7.98. The lowest BCUT2D eigenvalue weighted by Crippen LogP contribution is -2.21. The number of esters is 1. The van der Waals surface area contributed by atoms with Crippen molar-refractivity contribution < 1.29 is 19.2 Å². The Morgan fingerprint density at radius 2 is 2.00 bits per heavy atom. The SMILES string of the molecule is CSc1ccc(C(=O)OCC(=O)Nc2ccc(Cl)cc2C)cc1[N+](=O)[O-]. The monoisotopic (exact) mass is 394 g/mol. The standard InChI is InChI=1S/C17H15ClN2O5S/c1-10-7-12(18)4-5-13(10)19-16(21)9-25-17(22)11-3-6-15(26-2)14(8-11)20(23)24/h3-8H,9H2,1-2H3,(H,19,21). The first-order chi connectivity index (χ1) is 12.3. The van der Waals surface area contributed by atoms with E-state index in [0.717, 1.165) is 11.6 Å². The fraction of sp³-hybridized carbons (Fsp3) is 0.176. The number of halogens is 1. The number of carbonyl (C=O) groups excluding carboxylic acids is 2. The van der Waals surface area contributed by atoms with E-state index in [-0.39, 0.29) is 11.3 Å². The van der Waals surface area contributed by atoms with E-state index in [0.29, 0.717) is 15.6 Å². The number of amides is 1. The van der Waals surface area contributed by atoms with Crippen LogP contribution in [0, 0.1) is 17.0 Å². The molecule has 0 radical (unpaired) electrons. The summed E-state index contributed by atoms with van der Waals surface area (Å²) >= 11 is 7.05. The predicted octanol–water partition coefficient (Wildman–Crippen LogP) is 4.07. The average molecular weight is 395 g/mol. The molecule has 0 aliphatic heterocycles. The summed E-state index contributed by atoms with van der Waals surface area (Å²) in [6, 6.07) is 8.98. The van der Waals surface area contributed by atoms with Crippen LogP contribution in [0.25, 0.3) is 0 Å². The Labute approximate surface area is 158 Å². The molecule has 0 aromatic heterocycles. The molecule has 0 atom stereocenters. The van der Waals surface area contributed by atoms with Gasteiger partial charge in [0.15, 0.2) is 6.61 Å². The molecule has 9 heteroatoms. The molecule has 0 bridgehead atoms. The van der Waals surface area contributed by atoms with Gasteiger partial charge in [-0.3, -0.25) is 14.9 Å². The van der Waals surface area contributed by atoms with E-state index >= 15 is 0 Å². The molecule has 0 spiro atoms. The first-order valence-electron chi connectivity index (χ1n) is 7.37. The summed E-state index contributed by atoms with van der Waals surface area (Å²) in [5.74, 6) is -1.34. The van der Waals surface area contributed by atoms with E-state index in [9.17, 15) is 19.7 Å². The van der Waals surface area contributed by atoms with Crippen LogP contribution in [-0.4, -0.2) is 29.7 Å². The van der Waals surface area contributed by atoms with Gasteiger partial charge >= 0.3 is 5.97 Å². The number of thioether (sulfide) groups is 1. The molecule has 0 fully saturated rings. The second-order valence-electron chi connectivity index (χ2n) is 5.23. The van der Waals surface area contributed by atoms with E-state index < -0.39 is 23.4 Å². The number of nitrogens with one attached hydrogen (secondary N) is 1. The Kier molecular flexibility index (Phi) is 6.59. The zero-order valence-electron chi connectivity index (χ0n) is 13.9. The summed E-state index contributed by atoms with van der Waals surface area (Å²) < 4.78 is 4.93. The topological polar surface area (TPSA) is 98.5 Å². The zero-order valence-corrected chi connectivity index (χ0v) is 15.5. The summed E-state index contributed by atoms with van der Waals surface area (Å²) in [5.41, 5.74) is 1.13. The van der Waals surface area contributed by atoms with E-state index in [1.165, 1.54) is 23.9 Å². The molecular formula is C17H15ClN2O5S. The highest BCUT2D eigenvalue weighted by Gasteiger charge is 2.18. The molecule has 7 nitrogen and oxygen atoms in total. The molecule has 2 aromatic rings. The van der Waals surface area contributed by atoms with Crippen molar-refractivity contribution in [2.24, 2.45) is 0 Å². The van der Waals surface area contributed by atoms with Gasteiger partial charge in [0, 0.05) is 16.8 Å². The van der Waals surface area contributed by atoms with E-state index in [4.69, 9.17) is 16.3 Å². The zero-order chi connectivity index (χ0) is 19.3. The molecule has 2 rings (SSSR count). The van der Waals surface area contributed by atoms with E-state index in [1.54, 1.807) is 31.4 Å². The second kappa shape index (κ2) is 8.68. The van der Waals surface area contributed by atoms with Gasteiger partial charge in [-0.2, -0.15) is 0 Å². The molecule has 136 valence electrons. The van der Waals surface area contributed by atoms with Crippen LogP contribution in [0.4, 0.5) is 11.4 Å². The number of nitrogens with zero attached hydrogens (tertiary/aromatic N) is 1. The Hall–Kier alpha value is -2.58. The fourth-order valence-electron chi connectivity index (χ4n) is 2.13. The highest BCUT2D eigenvalue weighted by atomic mass is 35.5. The lowest BCUT2D eigenvalue weighted by molar-refractivity contribution is -0.387. The first kappa shape index (κ1) is 19.7. The molecule has 26 heavy (non-hydrogen) atoms. The number of carbonyl (C=O) groups is 2. The maximum Gasteiger partial charge on any atom is 0.338 e. The summed E-state index contributed by atoms with van der Waals surface area (Å²) in [6.07, 6.45) is 1.70. The number of ether oxygens (including phenoxy) is 1. The van der Waals surface area contributed by atoms with Gasteiger partial charge in [0.25, 0.3) is 11.6 Å². The van der Waals surface area contributed by atoms with Gasteiger partial charge in [-0.25, -0.2) is 4.79 Å². The number of hydrogen-bond acceptors (Lipinski definition) is 6. The van der Waals surface area contributed by atoms with Crippen molar-refractivity contribution in [2.75, 3.05) is 18.2 Å². The van der Waals surface area contributed by atoms with Crippen LogP contribution >= 0.6 is 23.4 Å². The van der Waals surface area contributed by atoms with E-state index in [1.807, 2.05) is 0 Å². The third-order valence-corrected chi connectivity index (χ3v) is 4.43. The number of nitro groups is 1. The quantitative estimate of drug-likeness (QED) is 0.343. The molecule has 1 N–H and O–H groups in total. The van der Waals surface area contributed by atoms with Crippen molar-refractivity contribution >= 4 is 46.6 Å². The van der Waals surface area contributed by atoms with Gasteiger partial charge in [-0.15, -0.1) is 11.8 Å². The molecule has 0 aliphatic rings. The van der Waals surface area contributed by atoms with Crippen molar-refractivity contribution in [3.8, 4) is 0 Å². The van der Waals surface area contributed by atoms with Gasteiger partial charge in [0.1, 0.15) is 0 Å². The third kappa shape index (κ3) is 4.96. The Balaban J connectivity index is 2.00. The molecular weight excluding hydrogens is 380 g/mol. The Morgan fingerprint density at radius 3 is 2.62 bits per heavy atom. The molecule has 2 aromatic carbocycles. The average Bonchev–Trinajstić information content (AvgIpc) is 2.61. The Bertz CT molecular complexity index is 872. The van der Waals surface area contributed by atoms with Gasteiger partial charge in [0.05, 0.1) is 15.4 Å². The van der Waals surface area contributed by atoms with Crippen LogP contribution in [0.2, 0.25) is 5.02 Å². The van der Waals surface area contributed by atoms with Gasteiger partial charge < -0.3 is 10.1 Å². The molecule has 0 saturated carbocycles. The minimum Gasteiger partial charge on any atom is -0.452 e. The summed E-state index contributed by atoms with van der Waals surface area (Å²) in [7, 11) is 0. The van der Waals surface area contributed by atoms with Crippen LogP contribution in [0.1, 0.15) is 15.9 Å². The van der Waals surface area contributed by atoms with Crippen LogP contribution in [0.5, 0.6) is 0 Å². The van der Waals surface area contributed by atoms with Crippen LogP contribution in [0.3, 0.4) is 0 Å². The van der Waals surface area contributed by atoms with Crippen molar-refractivity contribution in [3.05, 3.63) is 62.7 Å². The maximum absolute atomic E-state index is 12.0. The minimum atomic E-state index is -0.816. The lowest BCUT2D eigenvalue weighted by atomic mass is 10.2. The predicted molar refractivity (Wildman–Crippen MR) is 100.0 cm³/mol.